The molecule has 2 N–H and O–H groups in total. The van der Waals surface area contributed by atoms with Gasteiger partial charge in [0.2, 0.25) is 0 Å². The third-order valence-electron chi connectivity index (χ3n) is 3.19. The minimum Gasteiger partial charge on any atom is -0.396 e. The number of nitrogens with one attached hydrogen (secondary N) is 1. The second-order valence-electron chi connectivity index (χ2n) is 4.48. The monoisotopic (exact) mass is 185 g/mol. The molecule has 2 heteroatoms. The number of aliphatic hydroxyl groups excluding tert-OH is 1. The molecule has 0 aromatic carbocycles. The van der Waals surface area contributed by atoms with Crippen molar-refractivity contribution in [3.8, 4) is 0 Å². The highest BCUT2D eigenvalue weighted by Gasteiger charge is 2.22. The van der Waals surface area contributed by atoms with E-state index in [2.05, 4.69) is 19.2 Å². The molecule has 3 atom stereocenters. The molecule has 0 aliphatic heterocycles. The molecule has 1 aliphatic rings. The summed E-state index contributed by atoms with van der Waals surface area (Å²) < 4.78 is 0. The first-order chi connectivity index (χ1) is 6.26. The molecule has 0 aromatic heterocycles. The molecule has 2 nitrogen and oxygen atoms in total. The Morgan fingerprint density at radius 3 is 2.77 bits per heavy atom. The lowest BCUT2D eigenvalue weighted by Crippen LogP contribution is -2.31. The van der Waals surface area contributed by atoms with Crippen LogP contribution in [0.3, 0.4) is 0 Å². The lowest BCUT2D eigenvalue weighted by atomic mass is 10.1. The topological polar surface area (TPSA) is 32.3 Å². The molecular weight excluding hydrogens is 162 g/mol. The first-order valence-electron chi connectivity index (χ1n) is 5.60. The predicted octanol–water partition coefficient (Wildman–Crippen LogP) is 1.78. The van der Waals surface area contributed by atoms with Gasteiger partial charge in [0.25, 0.3) is 0 Å². The van der Waals surface area contributed by atoms with E-state index >= 15 is 0 Å². The van der Waals surface area contributed by atoms with Crippen molar-refractivity contribution in [2.24, 2.45) is 11.8 Å². The SMILES string of the molecule is CCC1CCC(NCC(C)CO)C1. The van der Waals surface area contributed by atoms with Crippen LogP contribution in [0.4, 0.5) is 0 Å². The third kappa shape index (κ3) is 3.65. The molecule has 0 radical (unpaired) electrons. The summed E-state index contributed by atoms with van der Waals surface area (Å²) in [5.41, 5.74) is 0. The van der Waals surface area contributed by atoms with Gasteiger partial charge in [-0.2, -0.15) is 0 Å². The fourth-order valence-electron chi connectivity index (χ4n) is 2.06. The Morgan fingerprint density at radius 2 is 2.23 bits per heavy atom. The molecule has 13 heavy (non-hydrogen) atoms. The molecule has 1 rings (SSSR count). The van der Waals surface area contributed by atoms with Gasteiger partial charge in [-0.3, -0.25) is 0 Å². The molecule has 1 saturated carbocycles. The lowest BCUT2D eigenvalue weighted by Gasteiger charge is -2.15. The second-order valence-corrected chi connectivity index (χ2v) is 4.48. The van der Waals surface area contributed by atoms with E-state index in [0.29, 0.717) is 12.5 Å². The zero-order valence-corrected chi connectivity index (χ0v) is 8.92. The maximum Gasteiger partial charge on any atom is 0.0468 e. The molecule has 3 unspecified atom stereocenters. The quantitative estimate of drug-likeness (QED) is 0.684. The van der Waals surface area contributed by atoms with Crippen molar-refractivity contribution in [1.29, 1.82) is 0 Å². The predicted molar refractivity (Wildman–Crippen MR) is 55.7 cm³/mol. The second kappa shape index (κ2) is 5.61. The Kier molecular flexibility index (Phi) is 4.74. The molecular formula is C11H23NO. The summed E-state index contributed by atoms with van der Waals surface area (Å²) in [6.07, 6.45) is 5.39. The van der Waals surface area contributed by atoms with E-state index in [4.69, 9.17) is 5.11 Å². The summed E-state index contributed by atoms with van der Waals surface area (Å²) in [7, 11) is 0. The van der Waals surface area contributed by atoms with Crippen molar-refractivity contribution in [2.75, 3.05) is 13.2 Å². The smallest absolute Gasteiger partial charge is 0.0468 e. The van der Waals surface area contributed by atoms with Gasteiger partial charge in [0.1, 0.15) is 0 Å². The van der Waals surface area contributed by atoms with Crippen LogP contribution in [0.5, 0.6) is 0 Å². The van der Waals surface area contributed by atoms with Gasteiger partial charge in [-0.25, -0.2) is 0 Å². The summed E-state index contributed by atoms with van der Waals surface area (Å²) >= 11 is 0. The highest BCUT2D eigenvalue weighted by molar-refractivity contribution is 4.80. The van der Waals surface area contributed by atoms with Crippen LogP contribution in [0, 0.1) is 11.8 Å². The Hall–Kier alpha value is -0.0800. The van der Waals surface area contributed by atoms with E-state index in [1.165, 1.54) is 25.7 Å². The van der Waals surface area contributed by atoms with Gasteiger partial charge in [0, 0.05) is 19.2 Å². The van der Waals surface area contributed by atoms with Gasteiger partial charge in [-0.1, -0.05) is 20.3 Å². The van der Waals surface area contributed by atoms with E-state index in [0.717, 1.165) is 18.5 Å². The first kappa shape index (κ1) is 11.0. The Labute approximate surface area is 81.7 Å². The number of hydrogen-bond donors (Lipinski definition) is 2. The third-order valence-corrected chi connectivity index (χ3v) is 3.19. The van der Waals surface area contributed by atoms with Crippen molar-refractivity contribution in [3.05, 3.63) is 0 Å². The minimum absolute atomic E-state index is 0.303. The standard InChI is InChI=1S/C11H23NO/c1-3-10-4-5-11(6-10)12-7-9(2)8-13/h9-13H,3-8H2,1-2H3. The van der Waals surface area contributed by atoms with E-state index in [-0.39, 0.29) is 0 Å². The molecule has 0 heterocycles. The van der Waals surface area contributed by atoms with Gasteiger partial charge in [-0.05, 0) is 31.1 Å². The highest BCUT2D eigenvalue weighted by Crippen LogP contribution is 2.27. The van der Waals surface area contributed by atoms with Gasteiger partial charge >= 0.3 is 0 Å². The fourth-order valence-corrected chi connectivity index (χ4v) is 2.06. The first-order valence-corrected chi connectivity index (χ1v) is 5.60. The van der Waals surface area contributed by atoms with Crippen molar-refractivity contribution < 1.29 is 5.11 Å². The minimum atomic E-state index is 0.303. The van der Waals surface area contributed by atoms with Crippen molar-refractivity contribution >= 4 is 0 Å². The molecule has 1 fully saturated rings. The molecule has 1 aliphatic carbocycles. The zero-order chi connectivity index (χ0) is 9.68. The van der Waals surface area contributed by atoms with Crippen LogP contribution in [0.25, 0.3) is 0 Å². The molecule has 0 aromatic rings. The van der Waals surface area contributed by atoms with Crippen LogP contribution >= 0.6 is 0 Å². The van der Waals surface area contributed by atoms with Crippen LogP contribution in [0.2, 0.25) is 0 Å². The Balaban J connectivity index is 2.10. The lowest BCUT2D eigenvalue weighted by molar-refractivity contribution is 0.229. The van der Waals surface area contributed by atoms with Crippen LogP contribution < -0.4 is 5.32 Å². The molecule has 0 spiro atoms. The van der Waals surface area contributed by atoms with Crippen molar-refractivity contribution in [3.63, 3.8) is 0 Å². The van der Waals surface area contributed by atoms with Crippen molar-refractivity contribution in [1.82, 2.24) is 5.32 Å². The summed E-state index contributed by atoms with van der Waals surface area (Å²) in [5.74, 6) is 1.35. The maximum absolute atomic E-state index is 8.87. The van der Waals surface area contributed by atoms with Gasteiger partial charge in [0.15, 0.2) is 0 Å². The molecule has 78 valence electrons. The normalized spacial score (nSPS) is 30.7. The fraction of sp³-hybridized carbons (Fsp3) is 1.00. The number of hydrogen-bond acceptors (Lipinski definition) is 2. The molecule has 0 saturated heterocycles. The Morgan fingerprint density at radius 1 is 1.46 bits per heavy atom. The Bertz CT molecular complexity index is 138. The average molecular weight is 185 g/mol. The van der Waals surface area contributed by atoms with Gasteiger partial charge in [0.05, 0.1) is 0 Å². The summed E-state index contributed by atoms with van der Waals surface area (Å²) in [6, 6.07) is 0.721. The maximum atomic E-state index is 8.87. The van der Waals surface area contributed by atoms with Crippen LogP contribution in [0.15, 0.2) is 0 Å². The average Bonchev–Trinajstić information content (AvgIpc) is 2.61. The van der Waals surface area contributed by atoms with E-state index in [1.807, 2.05) is 0 Å². The number of rotatable bonds is 5. The van der Waals surface area contributed by atoms with E-state index in [1.54, 1.807) is 0 Å². The van der Waals surface area contributed by atoms with Crippen LogP contribution in [0.1, 0.15) is 39.5 Å². The van der Waals surface area contributed by atoms with Gasteiger partial charge in [-0.15, -0.1) is 0 Å². The van der Waals surface area contributed by atoms with Crippen LogP contribution in [-0.2, 0) is 0 Å². The van der Waals surface area contributed by atoms with E-state index in [9.17, 15) is 0 Å². The van der Waals surface area contributed by atoms with Crippen LogP contribution in [-0.4, -0.2) is 24.3 Å². The summed E-state index contributed by atoms with van der Waals surface area (Å²) in [4.78, 5) is 0. The number of aliphatic hydroxyl groups is 1. The molecule has 0 bridgehead atoms. The largest absolute Gasteiger partial charge is 0.396 e. The summed E-state index contributed by atoms with van der Waals surface area (Å²) in [5, 5.41) is 12.4. The zero-order valence-electron chi connectivity index (χ0n) is 8.92. The molecule has 0 amide bonds. The van der Waals surface area contributed by atoms with Crippen molar-refractivity contribution in [2.45, 2.75) is 45.6 Å². The summed E-state index contributed by atoms with van der Waals surface area (Å²) in [6.45, 7) is 5.64. The highest BCUT2D eigenvalue weighted by atomic mass is 16.3. The van der Waals surface area contributed by atoms with Gasteiger partial charge < -0.3 is 10.4 Å². The van der Waals surface area contributed by atoms with E-state index < -0.39 is 0 Å².